The average molecular weight is 359 g/mol. The zero-order valence-corrected chi connectivity index (χ0v) is 14.9. The summed E-state index contributed by atoms with van der Waals surface area (Å²) < 4.78 is 12.1. The second-order valence-corrected chi connectivity index (χ2v) is 5.55. The molecule has 1 rings (SSSR count). The predicted molar refractivity (Wildman–Crippen MR) is 92.1 cm³/mol. The van der Waals surface area contributed by atoms with Gasteiger partial charge in [0, 0.05) is 37.3 Å². The van der Waals surface area contributed by atoms with Gasteiger partial charge in [0.2, 0.25) is 0 Å². The van der Waals surface area contributed by atoms with Crippen molar-refractivity contribution in [3.8, 4) is 0 Å². The Hall–Kier alpha value is -0.620. The summed E-state index contributed by atoms with van der Waals surface area (Å²) in [4.78, 5) is 2.30. The maximum Gasteiger partial charge on any atom is 0.0641 e. The number of anilines is 1. The van der Waals surface area contributed by atoms with Crippen molar-refractivity contribution >= 4 is 21.6 Å². The van der Waals surface area contributed by atoms with E-state index in [1.807, 2.05) is 20.9 Å². The van der Waals surface area contributed by atoms with Crippen LogP contribution in [0.2, 0.25) is 0 Å². The molecule has 0 spiro atoms. The summed E-state index contributed by atoms with van der Waals surface area (Å²) in [5, 5.41) is 3.17. The highest BCUT2D eigenvalue weighted by molar-refractivity contribution is 9.10. The maximum absolute atomic E-state index is 5.49. The van der Waals surface area contributed by atoms with Crippen molar-refractivity contribution < 1.29 is 9.47 Å². The second-order valence-electron chi connectivity index (χ2n) is 4.70. The zero-order chi connectivity index (χ0) is 15.5. The highest BCUT2D eigenvalue weighted by Gasteiger charge is 2.10. The third-order valence-corrected chi connectivity index (χ3v) is 3.79. The van der Waals surface area contributed by atoms with E-state index in [-0.39, 0.29) is 0 Å². The van der Waals surface area contributed by atoms with Gasteiger partial charge in [-0.15, -0.1) is 0 Å². The Morgan fingerprint density at radius 1 is 1.10 bits per heavy atom. The molecule has 0 heterocycles. The third-order valence-electron chi connectivity index (χ3n) is 3.15. The Balaban J connectivity index is 2.74. The normalized spacial score (nSPS) is 10.9. The second kappa shape index (κ2) is 11.0. The van der Waals surface area contributed by atoms with Crippen molar-refractivity contribution in [2.45, 2.75) is 20.4 Å². The number of rotatable bonds is 11. The van der Waals surface area contributed by atoms with Gasteiger partial charge >= 0.3 is 0 Å². The fraction of sp³-hybridized carbons (Fsp3) is 0.625. The summed E-state index contributed by atoms with van der Waals surface area (Å²) in [6, 6.07) is 6.49. The molecule has 0 unspecified atom stereocenters. The molecule has 1 aromatic carbocycles. The van der Waals surface area contributed by atoms with Crippen LogP contribution in [-0.2, 0) is 16.0 Å². The summed E-state index contributed by atoms with van der Waals surface area (Å²) in [6.07, 6.45) is 0. The molecular formula is C16H27BrN2O2. The SMILES string of the molecule is CCOCCN(CCOCC)c1ccc(CNC)cc1Br. The average Bonchev–Trinajstić information content (AvgIpc) is 2.47. The Labute approximate surface area is 136 Å². The summed E-state index contributed by atoms with van der Waals surface area (Å²) >= 11 is 3.68. The molecule has 0 aliphatic carbocycles. The van der Waals surface area contributed by atoms with Crippen LogP contribution < -0.4 is 10.2 Å². The van der Waals surface area contributed by atoms with Gasteiger partial charge in [0.1, 0.15) is 0 Å². The highest BCUT2D eigenvalue weighted by atomic mass is 79.9. The molecule has 0 bridgehead atoms. The van der Waals surface area contributed by atoms with Gasteiger partial charge in [0.25, 0.3) is 0 Å². The highest BCUT2D eigenvalue weighted by Crippen LogP contribution is 2.27. The molecule has 0 aliphatic heterocycles. The molecule has 5 heteroatoms. The van der Waals surface area contributed by atoms with Crippen molar-refractivity contribution in [1.82, 2.24) is 5.32 Å². The lowest BCUT2D eigenvalue weighted by molar-refractivity contribution is 0.141. The van der Waals surface area contributed by atoms with E-state index in [1.165, 1.54) is 11.3 Å². The number of hydrogen-bond acceptors (Lipinski definition) is 4. The number of nitrogens with zero attached hydrogens (tertiary/aromatic N) is 1. The summed E-state index contributed by atoms with van der Waals surface area (Å²) in [5.41, 5.74) is 2.46. The van der Waals surface area contributed by atoms with Gasteiger partial charge < -0.3 is 19.7 Å². The molecule has 0 saturated heterocycles. The first kappa shape index (κ1) is 18.4. The Kier molecular flexibility index (Phi) is 9.67. The van der Waals surface area contributed by atoms with Gasteiger partial charge in [-0.05, 0) is 54.5 Å². The van der Waals surface area contributed by atoms with Crippen LogP contribution in [0.1, 0.15) is 19.4 Å². The third kappa shape index (κ3) is 6.78. The molecule has 0 aliphatic rings. The minimum Gasteiger partial charge on any atom is -0.380 e. The number of halogens is 1. The minimum absolute atomic E-state index is 0.729. The number of ether oxygens (including phenoxy) is 2. The predicted octanol–water partition coefficient (Wildman–Crippen LogP) is 3.05. The van der Waals surface area contributed by atoms with Crippen molar-refractivity contribution in [3.63, 3.8) is 0 Å². The Morgan fingerprint density at radius 3 is 2.19 bits per heavy atom. The molecule has 0 radical (unpaired) electrons. The summed E-state index contributed by atoms with van der Waals surface area (Å²) in [6.45, 7) is 9.61. The fourth-order valence-corrected chi connectivity index (χ4v) is 2.79. The standard InChI is InChI=1S/C16H27BrN2O2/c1-4-20-10-8-19(9-11-21-5-2)16-7-6-14(13-18-3)12-15(16)17/h6-7,12,18H,4-5,8-11,13H2,1-3H3. The van der Waals surface area contributed by atoms with Gasteiger partial charge in [-0.3, -0.25) is 0 Å². The zero-order valence-electron chi connectivity index (χ0n) is 13.3. The Morgan fingerprint density at radius 2 is 1.71 bits per heavy atom. The lowest BCUT2D eigenvalue weighted by atomic mass is 10.2. The molecule has 1 N–H and O–H groups in total. The lowest BCUT2D eigenvalue weighted by Crippen LogP contribution is -2.31. The van der Waals surface area contributed by atoms with Gasteiger partial charge in [0.05, 0.1) is 18.9 Å². The smallest absolute Gasteiger partial charge is 0.0641 e. The van der Waals surface area contributed by atoms with E-state index in [0.717, 1.165) is 50.5 Å². The van der Waals surface area contributed by atoms with E-state index >= 15 is 0 Å². The van der Waals surface area contributed by atoms with E-state index in [2.05, 4.69) is 44.3 Å². The van der Waals surface area contributed by atoms with Crippen LogP contribution in [0.5, 0.6) is 0 Å². The minimum atomic E-state index is 0.729. The van der Waals surface area contributed by atoms with Crippen molar-refractivity contribution in [2.75, 3.05) is 51.5 Å². The van der Waals surface area contributed by atoms with E-state index in [1.54, 1.807) is 0 Å². The van der Waals surface area contributed by atoms with Gasteiger partial charge in [-0.2, -0.15) is 0 Å². The summed E-state index contributed by atoms with van der Waals surface area (Å²) in [5.74, 6) is 0. The molecule has 120 valence electrons. The quantitative estimate of drug-likeness (QED) is 0.616. The van der Waals surface area contributed by atoms with Crippen LogP contribution in [-0.4, -0.2) is 46.6 Å². The topological polar surface area (TPSA) is 33.7 Å². The van der Waals surface area contributed by atoms with Crippen LogP contribution in [0.25, 0.3) is 0 Å². The molecule has 1 aromatic rings. The van der Waals surface area contributed by atoms with Crippen LogP contribution in [0.4, 0.5) is 5.69 Å². The fourth-order valence-electron chi connectivity index (χ4n) is 2.11. The molecule has 0 aromatic heterocycles. The Bertz CT molecular complexity index is 392. The molecule has 4 nitrogen and oxygen atoms in total. The molecule has 0 fully saturated rings. The maximum atomic E-state index is 5.49. The first-order valence-corrected chi connectivity index (χ1v) is 8.35. The van der Waals surface area contributed by atoms with E-state index in [9.17, 15) is 0 Å². The largest absolute Gasteiger partial charge is 0.380 e. The van der Waals surface area contributed by atoms with Crippen LogP contribution in [0.3, 0.4) is 0 Å². The molecule has 0 atom stereocenters. The van der Waals surface area contributed by atoms with Crippen molar-refractivity contribution in [3.05, 3.63) is 28.2 Å². The molecule has 21 heavy (non-hydrogen) atoms. The van der Waals surface area contributed by atoms with Gasteiger partial charge in [-0.1, -0.05) is 6.07 Å². The molecular weight excluding hydrogens is 332 g/mol. The summed E-state index contributed by atoms with van der Waals surface area (Å²) in [7, 11) is 1.96. The molecule has 0 amide bonds. The number of hydrogen-bond donors (Lipinski definition) is 1. The monoisotopic (exact) mass is 358 g/mol. The first-order chi connectivity index (χ1) is 10.2. The van der Waals surface area contributed by atoms with Crippen molar-refractivity contribution in [1.29, 1.82) is 0 Å². The molecule has 0 saturated carbocycles. The van der Waals surface area contributed by atoms with E-state index in [4.69, 9.17) is 9.47 Å². The van der Waals surface area contributed by atoms with Gasteiger partial charge in [0.15, 0.2) is 0 Å². The first-order valence-electron chi connectivity index (χ1n) is 7.56. The van der Waals surface area contributed by atoms with E-state index in [0.29, 0.717) is 0 Å². The van der Waals surface area contributed by atoms with Crippen LogP contribution >= 0.6 is 15.9 Å². The van der Waals surface area contributed by atoms with Crippen LogP contribution in [0, 0.1) is 0 Å². The number of nitrogens with one attached hydrogen (secondary N) is 1. The van der Waals surface area contributed by atoms with Gasteiger partial charge in [-0.25, -0.2) is 0 Å². The number of benzene rings is 1. The lowest BCUT2D eigenvalue weighted by Gasteiger charge is -2.26. The van der Waals surface area contributed by atoms with Crippen molar-refractivity contribution in [2.24, 2.45) is 0 Å². The van der Waals surface area contributed by atoms with E-state index < -0.39 is 0 Å². The van der Waals surface area contributed by atoms with Crippen LogP contribution in [0.15, 0.2) is 22.7 Å².